The molecule has 1 aliphatic rings. The van der Waals surface area contributed by atoms with E-state index < -0.39 is 0 Å². The summed E-state index contributed by atoms with van der Waals surface area (Å²) >= 11 is 0. The van der Waals surface area contributed by atoms with Crippen molar-refractivity contribution in [1.82, 2.24) is 15.6 Å². The van der Waals surface area contributed by atoms with Crippen LogP contribution in [0.15, 0.2) is 42.6 Å². The van der Waals surface area contributed by atoms with Gasteiger partial charge in [0.05, 0.1) is 0 Å². The Kier molecular flexibility index (Phi) is 4.32. The van der Waals surface area contributed by atoms with Crippen molar-refractivity contribution in [2.75, 3.05) is 0 Å². The average Bonchev–Trinajstić information content (AvgIpc) is 3.38. The highest BCUT2D eigenvalue weighted by Gasteiger charge is 2.24. The molecule has 1 heterocycles. The highest BCUT2D eigenvalue weighted by atomic mass is 19.1. The van der Waals surface area contributed by atoms with Crippen molar-refractivity contribution < 1.29 is 14.0 Å². The molecule has 1 aromatic heterocycles. The van der Waals surface area contributed by atoms with Gasteiger partial charge in [-0.3, -0.25) is 14.6 Å². The van der Waals surface area contributed by atoms with Crippen molar-refractivity contribution in [2.45, 2.75) is 25.4 Å². The normalized spacial score (nSPS) is 13.4. The maximum Gasteiger partial charge on any atom is 0.270 e. The smallest absolute Gasteiger partial charge is 0.270 e. The fraction of sp³-hybridized carbons (Fsp3) is 0.235. The predicted molar refractivity (Wildman–Crippen MR) is 82.3 cm³/mol. The summed E-state index contributed by atoms with van der Waals surface area (Å²) in [6.45, 7) is 0.263. The molecule has 0 radical (unpaired) electrons. The number of benzene rings is 1. The maximum absolute atomic E-state index is 12.8. The third-order valence-corrected chi connectivity index (χ3v) is 3.53. The molecule has 1 aromatic carbocycles. The van der Waals surface area contributed by atoms with Gasteiger partial charge in [0.15, 0.2) is 0 Å². The zero-order valence-electron chi connectivity index (χ0n) is 12.4. The van der Waals surface area contributed by atoms with Crippen LogP contribution >= 0.6 is 0 Å². The van der Waals surface area contributed by atoms with E-state index in [9.17, 15) is 14.0 Å². The minimum absolute atomic E-state index is 0.176. The molecule has 0 bridgehead atoms. The van der Waals surface area contributed by atoms with Gasteiger partial charge in [0, 0.05) is 24.3 Å². The SMILES string of the molecule is O=C(NC1CC1)c1ccnc(C(=O)NCc2ccc(F)cc2)c1. The summed E-state index contributed by atoms with van der Waals surface area (Å²) < 4.78 is 12.8. The molecule has 0 aliphatic heterocycles. The molecule has 2 aromatic rings. The van der Waals surface area contributed by atoms with E-state index in [1.165, 1.54) is 24.4 Å². The van der Waals surface area contributed by atoms with E-state index in [1.54, 1.807) is 18.2 Å². The van der Waals surface area contributed by atoms with Gasteiger partial charge in [0.1, 0.15) is 11.5 Å². The van der Waals surface area contributed by atoms with Gasteiger partial charge >= 0.3 is 0 Å². The van der Waals surface area contributed by atoms with Crippen molar-refractivity contribution in [3.8, 4) is 0 Å². The second kappa shape index (κ2) is 6.56. The zero-order valence-corrected chi connectivity index (χ0v) is 12.4. The molecule has 5 nitrogen and oxygen atoms in total. The van der Waals surface area contributed by atoms with Gasteiger partial charge in [-0.1, -0.05) is 12.1 Å². The Bertz CT molecular complexity index is 727. The number of rotatable bonds is 5. The molecule has 0 saturated heterocycles. The summed E-state index contributed by atoms with van der Waals surface area (Å²) in [7, 11) is 0. The molecule has 23 heavy (non-hydrogen) atoms. The van der Waals surface area contributed by atoms with Gasteiger partial charge in [-0.05, 0) is 42.7 Å². The third kappa shape index (κ3) is 4.12. The molecule has 0 unspecified atom stereocenters. The summed E-state index contributed by atoms with van der Waals surface area (Å²) in [4.78, 5) is 28.1. The molecule has 2 N–H and O–H groups in total. The van der Waals surface area contributed by atoms with Gasteiger partial charge in [0.25, 0.3) is 11.8 Å². The molecule has 2 amide bonds. The molecule has 0 atom stereocenters. The molecule has 0 spiro atoms. The lowest BCUT2D eigenvalue weighted by atomic mass is 10.2. The first-order valence-electron chi connectivity index (χ1n) is 7.41. The van der Waals surface area contributed by atoms with Gasteiger partial charge in [-0.15, -0.1) is 0 Å². The van der Waals surface area contributed by atoms with Crippen LogP contribution in [0.5, 0.6) is 0 Å². The predicted octanol–water partition coefficient (Wildman–Crippen LogP) is 2.04. The second-order valence-electron chi connectivity index (χ2n) is 5.49. The standard InChI is InChI=1S/C17H16FN3O2/c18-13-3-1-11(2-4-13)10-20-17(23)15-9-12(7-8-19-15)16(22)21-14-5-6-14/h1-4,7-9,14H,5-6,10H2,(H,20,23)(H,21,22). The number of carbonyl (C=O) groups excluding carboxylic acids is 2. The Balaban J connectivity index is 1.62. The van der Waals surface area contributed by atoms with Crippen LogP contribution in [0.2, 0.25) is 0 Å². The van der Waals surface area contributed by atoms with E-state index in [0.717, 1.165) is 18.4 Å². The van der Waals surface area contributed by atoms with Crippen molar-refractivity contribution in [2.24, 2.45) is 0 Å². The highest BCUT2D eigenvalue weighted by Crippen LogP contribution is 2.19. The fourth-order valence-electron chi connectivity index (χ4n) is 2.07. The van der Waals surface area contributed by atoms with Gasteiger partial charge in [0.2, 0.25) is 0 Å². The molecule has 1 saturated carbocycles. The van der Waals surface area contributed by atoms with E-state index in [0.29, 0.717) is 5.56 Å². The van der Waals surface area contributed by atoms with E-state index >= 15 is 0 Å². The number of halogens is 1. The minimum Gasteiger partial charge on any atom is -0.349 e. The largest absolute Gasteiger partial charge is 0.349 e. The summed E-state index contributed by atoms with van der Waals surface area (Å²) in [6.07, 6.45) is 3.44. The number of nitrogens with zero attached hydrogens (tertiary/aromatic N) is 1. The van der Waals surface area contributed by atoms with E-state index in [-0.39, 0.29) is 35.9 Å². The van der Waals surface area contributed by atoms with Crippen LogP contribution in [0.4, 0.5) is 4.39 Å². The summed E-state index contributed by atoms with van der Waals surface area (Å²) in [6, 6.07) is 9.18. The van der Waals surface area contributed by atoms with Crippen LogP contribution in [0.3, 0.4) is 0 Å². The van der Waals surface area contributed by atoms with Gasteiger partial charge in [-0.25, -0.2) is 4.39 Å². The lowest BCUT2D eigenvalue weighted by molar-refractivity contribution is 0.0946. The minimum atomic E-state index is -0.379. The maximum atomic E-state index is 12.8. The zero-order chi connectivity index (χ0) is 16.2. The Morgan fingerprint density at radius 2 is 1.87 bits per heavy atom. The first-order chi connectivity index (χ1) is 11.1. The van der Waals surface area contributed by atoms with Crippen LogP contribution in [0, 0.1) is 5.82 Å². The lowest BCUT2D eigenvalue weighted by Gasteiger charge is -2.07. The quantitative estimate of drug-likeness (QED) is 0.887. The van der Waals surface area contributed by atoms with Gasteiger partial charge in [-0.2, -0.15) is 0 Å². The van der Waals surface area contributed by atoms with E-state index in [1.807, 2.05) is 0 Å². The van der Waals surface area contributed by atoms with Crippen molar-refractivity contribution in [1.29, 1.82) is 0 Å². The number of hydrogen-bond acceptors (Lipinski definition) is 3. The average molecular weight is 313 g/mol. The Morgan fingerprint density at radius 1 is 1.13 bits per heavy atom. The molecular formula is C17H16FN3O2. The van der Waals surface area contributed by atoms with Gasteiger partial charge < -0.3 is 10.6 Å². The Hall–Kier alpha value is -2.76. The lowest BCUT2D eigenvalue weighted by Crippen LogP contribution is -2.27. The van der Waals surface area contributed by atoms with E-state index in [2.05, 4.69) is 15.6 Å². The fourth-order valence-corrected chi connectivity index (χ4v) is 2.07. The number of carbonyl (C=O) groups is 2. The van der Waals surface area contributed by atoms with Crippen molar-refractivity contribution >= 4 is 11.8 Å². The number of amides is 2. The summed E-state index contributed by atoms with van der Waals surface area (Å²) in [5.74, 6) is -0.894. The highest BCUT2D eigenvalue weighted by molar-refractivity contribution is 5.98. The van der Waals surface area contributed by atoms with Crippen LogP contribution in [0.25, 0.3) is 0 Å². The molecule has 3 rings (SSSR count). The molecule has 1 fully saturated rings. The number of nitrogens with one attached hydrogen (secondary N) is 2. The topological polar surface area (TPSA) is 71.1 Å². The number of aromatic nitrogens is 1. The third-order valence-electron chi connectivity index (χ3n) is 3.53. The number of pyridine rings is 1. The summed E-state index contributed by atoms with van der Waals surface area (Å²) in [5, 5.41) is 5.56. The van der Waals surface area contributed by atoms with Crippen LogP contribution in [-0.4, -0.2) is 22.8 Å². The molecular weight excluding hydrogens is 297 g/mol. The molecule has 6 heteroatoms. The monoisotopic (exact) mass is 313 g/mol. The van der Waals surface area contributed by atoms with Crippen molar-refractivity contribution in [3.63, 3.8) is 0 Å². The van der Waals surface area contributed by atoms with Crippen LogP contribution < -0.4 is 10.6 Å². The number of hydrogen-bond donors (Lipinski definition) is 2. The Morgan fingerprint density at radius 3 is 2.57 bits per heavy atom. The van der Waals surface area contributed by atoms with Crippen molar-refractivity contribution in [3.05, 3.63) is 65.2 Å². The summed E-state index contributed by atoms with van der Waals surface area (Å²) in [5.41, 5.74) is 1.37. The van der Waals surface area contributed by atoms with Crippen LogP contribution in [-0.2, 0) is 6.54 Å². The molecule has 118 valence electrons. The van der Waals surface area contributed by atoms with Crippen LogP contribution in [0.1, 0.15) is 39.3 Å². The first-order valence-corrected chi connectivity index (χ1v) is 7.41. The first kappa shape index (κ1) is 15.1. The molecule has 1 aliphatic carbocycles. The van der Waals surface area contributed by atoms with E-state index in [4.69, 9.17) is 0 Å². The Labute approximate surface area is 132 Å². The second-order valence-corrected chi connectivity index (χ2v) is 5.49.